The van der Waals surface area contributed by atoms with Crippen LogP contribution in [0.3, 0.4) is 0 Å². The van der Waals surface area contributed by atoms with Crippen LogP contribution >= 0.6 is 0 Å². The van der Waals surface area contributed by atoms with Crippen molar-refractivity contribution in [1.82, 2.24) is 5.32 Å². The SMILES string of the molecule is Cc1ccc(C(=O)NCc2cccc(COCc3ccco3)c2)cc1F. The fraction of sp³-hybridized carbons (Fsp3) is 0.190. The molecule has 0 atom stereocenters. The van der Waals surface area contributed by atoms with Gasteiger partial charge in [0.25, 0.3) is 5.91 Å². The molecule has 0 radical (unpaired) electrons. The zero-order valence-electron chi connectivity index (χ0n) is 14.5. The first-order valence-corrected chi connectivity index (χ1v) is 8.34. The van der Waals surface area contributed by atoms with E-state index in [0.717, 1.165) is 16.9 Å². The summed E-state index contributed by atoms with van der Waals surface area (Å²) in [4.78, 5) is 12.2. The number of aryl methyl sites for hydroxylation is 1. The van der Waals surface area contributed by atoms with E-state index < -0.39 is 0 Å². The van der Waals surface area contributed by atoms with E-state index in [2.05, 4.69) is 5.32 Å². The molecule has 1 N–H and O–H groups in total. The number of hydrogen-bond acceptors (Lipinski definition) is 3. The lowest BCUT2D eigenvalue weighted by Crippen LogP contribution is -2.23. The van der Waals surface area contributed by atoms with Gasteiger partial charge in [-0.25, -0.2) is 4.39 Å². The molecule has 0 saturated heterocycles. The van der Waals surface area contributed by atoms with Crippen molar-refractivity contribution < 1.29 is 18.3 Å². The average Bonchev–Trinajstić information content (AvgIpc) is 3.16. The minimum atomic E-state index is -0.381. The molecule has 26 heavy (non-hydrogen) atoms. The monoisotopic (exact) mass is 353 g/mol. The Morgan fingerprint density at radius 1 is 1.08 bits per heavy atom. The van der Waals surface area contributed by atoms with Gasteiger partial charge in [-0.2, -0.15) is 0 Å². The van der Waals surface area contributed by atoms with Gasteiger partial charge in [0, 0.05) is 12.1 Å². The van der Waals surface area contributed by atoms with Crippen LogP contribution in [0.2, 0.25) is 0 Å². The second-order valence-electron chi connectivity index (χ2n) is 6.04. The van der Waals surface area contributed by atoms with Gasteiger partial charge in [0.05, 0.1) is 12.9 Å². The van der Waals surface area contributed by atoms with Crippen molar-refractivity contribution in [3.05, 3.63) is 94.7 Å². The first-order chi connectivity index (χ1) is 12.6. The molecule has 1 amide bonds. The standard InChI is InChI=1S/C21H20FNO3/c1-15-7-8-18(11-20(15)22)21(24)23-12-16-4-2-5-17(10-16)13-25-14-19-6-3-9-26-19/h2-11H,12-14H2,1H3,(H,23,24). The smallest absolute Gasteiger partial charge is 0.251 e. The van der Waals surface area contributed by atoms with Gasteiger partial charge >= 0.3 is 0 Å². The summed E-state index contributed by atoms with van der Waals surface area (Å²) in [6.45, 7) is 2.88. The van der Waals surface area contributed by atoms with Crippen LogP contribution in [0.15, 0.2) is 65.3 Å². The highest BCUT2D eigenvalue weighted by Gasteiger charge is 2.08. The van der Waals surface area contributed by atoms with E-state index in [9.17, 15) is 9.18 Å². The molecule has 0 spiro atoms. The second kappa shape index (κ2) is 8.45. The van der Waals surface area contributed by atoms with E-state index >= 15 is 0 Å². The van der Waals surface area contributed by atoms with Gasteiger partial charge in [-0.15, -0.1) is 0 Å². The molecule has 0 aliphatic rings. The van der Waals surface area contributed by atoms with Crippen LogP contribution in [0.1, 0.15) is 32.8 Å². The van der Waals surface area contributed by atoms with E-state index in [0.29, 0.717) is 30.9 Å². The van der Waals surface area contributed by atoms with Crippen LogP contribution in [0.5, 0.6) is 0 Å². The summed E-state index contributed by atoms with van der Waals surface area (Å²) in [5, 5.41) is 2.81. The topological polar surface area (TPSA) is 51.5 Å². The molecule has 0 aliphatic carbocycles. The first kappa shape index (κ1) is 17.9. The minimum absolute atomic E-state index is 0.302. The summed E-state index contributed by atoms with van der Waals surface area (Å²) >= 11 is 0. The molecule has 1 aromatic heterocycles. The third-order valence-electron chi connectivity index (χ3n) is 3.97. The molecule has 0 fully saturated rings. The molecule has 3 aromatic rings. The third-order valence-corrected chi connectivity index (χ3v) is 3.97. The quantitative estimate of drug-likeness (QED) is 0.686. The number of carbonyl (C=O) groups excluding carboxylic acids is 1. The number of benzene rings is 2. The van der Waals surface area contributed by atoms with E-state index in [1.165, 1.54) is 6.07 Å². The Bertz CT molecular complexity index is 875. The Morgan fingerprint density at radius 3 is 2.69 bits per heavy atom. The van der Waals surface area contributed by atoms with Crippen molar-refractivity contribution in [3.63, 3.8) is 0 Å². The normalized spacial score (nSPS) is 10.7. The highest BCUT2D eigenvalue weighted by molar-refractivity contribution is 5.94. The number of hydrogen-bond donors (Lipinski definition) is 1. The van der Waals surface area contributed by atoms with Crippen LogP contribution < -0.4 is 5.32 Å². The van der Waals surface area contributed by atoms with Gasteiger partial charge in [-0.3, -0.25) is 4.79 Å². The summed E-state index contributed by atoms with van der Waals surface area (Å²) in [5.41, 5.74) is 2.78. The van der Waals surface area contributed by atoms with Crippen LogP contribution in [0, 0.1) is 12.7 Å². The van der Waals surface area contributed by atoms with Crippen LogP contribution in [0.4, 0.5) is 4.39 Å². The summed E-state index contributed by atoms with van der Waals surface area (Å²) in [6.07, 6.45) is 1.61. The van der Waals surface area contributed by atoms with Gasteiger partial charge in [0.1, 0.15) is 18.2 Å². The molecule has 134 valence electrons. The number of nitrogens with one attached hydrogen (secondary N) is 1. The van der Waals surface area contributed by atoms with E-state index in [4.69, 9.17) is 9.15 Å². The maximum absolute atomic E-state index is 13.6. The zero-order valence-corrected chi connectivity index (χ0v) is 14.5. The van der Waals surface area contributed by atoms with Crippen molar-refractivity contribution in [1.29, 1.82) is 0 Å². The fourth-order valence-corrected chi connectivity index (χ4v) is 2.51. The van der Waals surface area contributed by atoms with Gasteiger partial charge in [0.2, 0.25) is 0 Å². The van der Waals surface area contributed by atoms with Crippen molar-refractivity contribution in [3.8, 4) is 0 Å². The Morgan fingerprint density at radius 2 is 1.92 bits per heavy atom. The second-order valence-corrected chi connectivity index (χ2v) is 6.04. The van der Waals surface area contributed by atoms with Crippen molar-refractivity contribution >= 4 is 5.91 Å². The Hall–Kier alpha value is -2.92. The zero-order chi connectivity index (χ0) is 18.4. The number of amides is 1. The lowest BCUT2D eigenvalue weighted by atomic mass is 10.1. The Labute approximate surface area is 151 Å². The molecule has 0 aliphatic heterocycles. The molecule has 0 unspecified atom stereocenters. The van der Waals surface area contributed by atoms with E-state index in [1.54, 1.807) is 25.3 Å². The number of carbonyl (C=O) groups is 1. The maximum Gasteiger partial charge on any atom is 0.251 e. The fourth-order valence-electron chi connectivity index (χ4n) is 2.51. The molecule has 0 saturated carbocycles. The average molecular weight is 353 g/mol. The van der Waals surface area contributed by atoms with E-state index in [-0.39, 0.29) is 11.7 Å². The molecule has 0 bridgehead atoms. The van der Waals surface area contributed by atoms with Crippen molar-refractivity contribution in [2.24, 2.45) is 0 Å². The first-order valence-electron chi connectivity index (χ1n) is 8.34. The van der Waals surface area contributed by atoms with Crippen molar-refractivity contribution in [2.45, 2.75) is 26.7 Å². The van der Waals surface area contributed by atoms with E-state index in [1.807, 2.05) is 36.4 Å². The molecule has 4 nitrogen and oxygen atoms in total. The minimum Gasteiger partial charge on any atom is -0.467 e. The molecule has 2 aromatic carbocycles. The molecular formula is C21H20FNO3. The largest absolute Gasteiger partial charge is 0.467 e. The summed E-state index contributed by atoms with van der Waals surface area (Å²) in [7, 11) is 0. The highest BCUT2D eigenvalue weighted by atomic mass is 19.1. The lowest BCUT2D eigenvalue weighted by Gasteiger charge is -2.08. The predicted molar refractivity (Wildman–Crippen MR) is 96.0 cm³/mol. The molecule has 1 heterocycles. The summed E-state index contributed by atoms with van der Waals surface area (Å²) in [6, 6.07) is 15.9. The third kappa shape index (κ3) is 4.80. The maximum atomic E-state index is 13.6. The van der Waals surface area contributed by atoms with Gasteiger partial charge in [0.15, 0.2) is 0 Å². The number of ether oxygens (including phenoxy) is 1. The lowest BCUT2D eigenvalue weighted by molar-refractivity contribution is 0.0928. The molecule has 3 rings (SSSR count). The van der Waals surface area contributed by atoms with Crippen LogP contribution in [0.25, 0.3) is 0 Å². The van der Waals surface area contributed by atoms with Crippen LogP contribution in [-0.4, -0.2) is 5.91 Å². The summed E-state index contributed by atoms with van der Waals surface area (Å²) in [5.74, 6) is 0.0930. The van der Waals surface area contributed by atoms with Gasteiger partial charge in [-0.05, 0) is 47.9 Å². The van der Waals surface area contributed by atoms with Gasteiger partial charge < -0.3 is 14.5 Å². The van der Waals surface area contributed by atoms with Crippen LogP contribution in [-0.2, 0) is 24.5 Å². The van der Waals surface area contributed by atoms with Crippen molar-refractivity contribution in [2.75, 3.05) is 0 Å². The van der Waals surface area contributed by atoms with Gasteiger partial charge in [-0.1, -0.05) is 30.3 Å². The Balaban J connectivity index is 1.53. The Kier molecular flexibility index (Phi) is 5.81. The number of rotatable bonds is 7. The number of halogens is 1. The molecule has 5 heteroatoms. The predicted octanol–water partition coefficient (Wildman–Crippen LogP) is 4.37. The molecular weight excluding hydrogens is 333 g/mol. The summed E-state index contributed by atoms with van der Waals surface area (Å²) < 4.78 is 24.4. The number of furan rings is 1. The highest BCUT2D eigenvalue weighted by Crippen LogP contribution is 2.11.